The van der Waals surface area contributed by atoms with E-state index in [9.17, 15) is 0 Å². The van der Waals surface area contributed by atoms with Crippen LogP contribution in [0.3, 0.4) is 0 Å². The Bertz CT molecular complexity index is 700. The van der Waals surface area contributed by atoms with Gasteiger partial charge in [-0.2, -0.15) is 0 Å². The van der Waals surface area contributed by atoms with Crippen molar-refractivity contribution in [3.63, 3.8) is 0 Å². The Morgan fingerprint density at radius 3 is 2.65 bits per heavy atom. The van der Waals surface area contributed by atoms with Crippen LogP contribution in [0.5, 0.6) is 0 Å². The second-order valence-corrected chi connectivity index (χ2v) is 6.21. The summed E-state index contributed by atoms with van der Waals surface area (Å²) in [4.78, 5) is 8.20. The molecule has 2 aromatic heterocycles. The second kappa shape index (κ2) is 5.81. The maximum absolute atomic E-state index is 6.01. The molecule has 0 atom stereocenters. The smallest absolute Gasteiger partial charge is 0.138 e. The molecule has 0 bridgehead atoms. The molecule has 2 heterocycles. The molecule has 0 aliphatic rings. The van der Waals surface area contributed by atoms with Crippen LogP contribution in [0.2, 0.25) is 4.34 Å². The zero-order valence-corrected chi connectivity index (χ0v) is 12.8. The number of hydrogen-bond donors (Lipinski definition) is 1. The summed E-state index contributed by atoms with van der Waals surface area (Å²) >= 11 is 7.54. The van der Waals surface area contributed by atoms with Gasteiger partial charge in [-0.1, -0.05) is 55.3 Å². The number of halogens is 1. The zero-order chi connectivity index (χ0) is 13.9. The molecule has 0 saturated heterocycles. The quantitative estimate of drug-likeness (QED) is 0.685. The summed E-state index contributed by atoms with van der Waals surface area (Å²) in [6.45, 7) is 2.17. The summed E-state index contributed by atoms with van der Waals surface area (Å²) in [6, 6.07) is 12.3. The molecule has 0 amide bonds. The summed E-state index contributed by atoms with van der Waals surface area (Å²) in [5, 5.41) is 2.03. The molecule has 1 N–H and O–H groups in total. The van der Waals surface area contributed by atoms with Crippen molar-refractivity contribution in [1.82, 2.24) is 9.97 Å². The van der Waals surface area contributed by atoms with E-state index in [-0.39, 0.29) is 0 Å². The average Bonchev–Trinajstić information content (AvgIpc) is 3.07. The number of thiophene rings is 1. The summed E-state index contributed by atoms with van der Waals surface area (Å²) in [5.41, 5.74) is 4.47. The summed E-state index contributed by atoms with van der Waals surface area (Å²) in [5.74, 6) is 0.899. The van der Waals surface area contributed by atoms with Gasteiger partial charge < -0.3 is 4.98 Å². The number of benzene rings is 1. The third-order valence-electron chi connectivity index (χ3n) is 3.17. The van der Waals surface area contributed by atoms with E-state index in [0.29, 0.717) is 0 Å². The first-order chi connectivity index (χ1) is 9.78. The van der Waals surface area contributed by atoms with Crippen LogP contribution in [0.25, 0.3) is 22.6 Å². The van der Waals surface area contributed by atoms with Gasteiger partial charge in [0.15, 0.2) is 0 Å². The molecule has 1 aromatic carbocycles. The van der Waals surface area contributed by atoms with Gasteiger partial charge in [-0.15, -0.1) is 11.3 Å². The van der Waals surface area contributed by atoms with Crippen molar-refractivity contribution < 1.29 is 0 Å². The lowest BCUT2D eigenvalue weighted by molar-refractivity contribution is 0.895. The average molecular weight is 303 g/mol. The number of imidazole rings is 1. The lowest BCUT2D eigenvalue weighted by Gasteiger charge is -2.00. The summed E-state index contributed by atoms with van der Waals surface area (Å²) in [6.07, 6.45) is 2.05. The largest absolute Gasteiger partial charge is 0.338 e. The normalized spacial score (nSPS) is 10.9. The van der Waals surface area contributed by atoms with Gasteiger partial charge in [-0.3, -0.25) is 0 Å². The highest BCUT2D eigenvalue weighted by atomic mass is 35.5. The lowest BCUT2D eigenvalue weighted by Crippen LogP contribution is -1.87. The van der Waals surface area contributed by atoms with Gasteiger partial charge in [0.1, 0.15) is 5.82 Å². The van der Waals surface area contributed by atoms with Crippen LogP contribution in [-0.4, -0.2) is 9.97 Å². The van der Waals surface area contributed by atoms with Gasteiger partial charge in [0.25, 0.3) is 0 Å². The standard InChI is InChI=1S/C16H15ClN2S/c1-2-6-13-15(11-7-4-3-5-8-11)19-16(18-13)12-9-14(17)20-10-12/h3-5,7-10H,2,6H2,1H3,(H,18,19). The van der Waals surface area contributed by atoms with Crippen molar-refractivity contribution in [1.29, 1.82) is 0 Å². The number of hydrogen-bond acceptors (Lipinski definition) is 2. The van der Waals surface area contributed by atoms with Gasteiger partial charge in [-0.25, -0.2) is 4.98 Å². The zero-order valence-electron chi connectivity index (χ0n) is 11.2. The highest BCUT2D eigenvalue weighted by molar-refractivity contribution is 7.14. The molecule has 0 aliphatic heterocycles. The number of aryl methyl sites for hydroxylation is 1. The van der Waals surface area contributed by atoms with Crippen LogP contribution in [-0.2, 0) is 6.42 Å². The van der Waals surface area contributed by atoms with Crippen molar-refractivity contribution in [2.75, 3.05) is 0 Å². The monoisotopic (exact) mass is 302 g/mol. The van der Waals surface area contributed by atoms with E-state index < -0.39 is 0 Å². The summed E-state index contributed by atoms with van der Waals surface area (Å²) in [7, 11) is 0. The Kier molecular flexibility index (Phi) is 3.90. The first-order valence-corrected chi connectivity index (χ1v) is 7.92. The number of nitrogens with zero attached hydrogens (tertiary/aromatic N) is 1. The molecule has 102 valence electrons. The first kappa shape index (κ1) is 13.4. The molecule has 2 nitrogen and oxygen atoms in total. The van der Waals surface area contributed by atoms with E-state index in [1.54, 1.807) is 0 Å². The third-order valence-corrected chi connectivity index (χ3v) is 4.26. The molecular formula is C16H15ClN2S. The van der Waals surface area contributed by atoms with Crippen molar-refractivity contribution in [3.05, 3.63) is 51.8 Å². The van der Waals surface area contributed by atoms with Crippen LogP contribution in [0, 0.1) is 0 Å². The lowest BCUT2D eigenvalue weighted by atomic mass is 10.1. The Labute approximate surface area is 127 Å². The Morgan fingerprint density at radius 1 is 1.20 bits per heavy atom. The van der Waals surface area contributed by atoms with Gasteiger partial charge in [0.2, 0.25) is 0 Å². The van der Waals surface area contributed by atoms with E-state index in [4.69, 9.17) is 16.6 Å². The molecule has 0 fully saturated rings. The predicted molar refractivity (Wildman–Crippen MR) is 86.3 cm³/mol. The maximum atomic E-state index is 6.01. The second-order valence-electron chi connectivity index (χ2n) is 4.66. The van der Waals surface area contributed by atoms with E-state index in [2.05, 4.69) is 24.0 Å². The topological polar surface area (TPSA) is 28.7 Å². The number of H-pyrrole nitrogens is 1. The minimum atomic E-state index is 0.787. The Morgan fingerprint density at radius 2 is 2.00 bits per heavy atom. The molecule has 0 spiro atoms. The fraction of sp³-hybridized carbons (Fsp3) is 0.188. The molecule has 20 heavy (non-hydrogen) atoms. The maximum Gasteiger partial charge on any atom is 0.138 e. The number of rotatable bonds is 4. The molecule has 0 unspecified atom stereocenters. The van der Waals surface area contributed by atoms with Crippen molar-refractivity contribution in [2.24, 2.45) is 0 Å². The molecule has 0 radical (unpaired) electrons. The number of aromatic nitrogens is 2. The van der Waals surface area contributed by atoms with E-state index in [1.165, 1.54) is 16.9 Å². The molecule has 3 aromatic rings. The highest BCUT2D eigenvalue weighted by Gasteiger charge is 2.13. The summed E-state index contributed by atoms with van der Waals surface area (Å²) < 4.78 is 0.787. The molecule has 3 rings (SSSR count). The van der Waals surface area contributed by atoms with Crippen LogP contribution < -0.4 is 0 Å². The molecule has 0 aliphatic carbocycles. The number of aromatic amines is 1. The van der Waals surface area contributed by atoms with E-state index in [0.717, 1.165) is 40.0 Å². The van der Waals surface area contributed by atoms with Gasteiger partial charge >= 0.3 is 0 Å². The Balaban J connectivity index is 2.07. The Hall–Kier alpha value is -1.58. The van der Waals surface area contributed by atoms with E-state index >= 15 is 0 Å². The van der Waals surface area contributed by atoms with Gasteiger partial charge in [0, 0.05) is 10.9 Å². The van der Waals surface area contributed by atoms with Crippen molar-refractivity contribution >= 4 is 22.9 Å². The van der Waals surface area contributed by atoms with Gasteiger partial charge in [0.05, 0.1) is 15.7 Å². The third kappa shape index (κ3) is 2.65. The highest BCUT2D eigenvalue weighted by Crippen LogP contribution is 2.30. The fourth-order valence-electron chi connectivity index (χ4n) is 2.24. The number of nitrogens with one attached hydrogen (secondary N) is 1. The van der Waals surface area contributed by atoms with Gasteiger partial charge in [-0.05, 0) is 18.1 Å². The fourth-order valence-corrected chi connectivity index (χ4v) is 3.11. The molecule has 4 heteroatoms. The SMILES string of the molecule is CCCc1nc(-c2csc(Cl)c2)[nH]c1-c1ccccc1. The van der Waals surface area contributed by atoms with E-state index in [1.807, 2.05) is 29.6 Å². The van der Waals surface area contributed by atoms with Crippen molar-refractivity contribution in [2.45, 2.75) is 19.8 Å². The first-order valence-electron chi connectivity index (χ1n) is 6.66. The van der Waals surface area contributed by atoms with Crippen LogP contribution in [0.4, 0.5) is 0 Å². The van der Waals surface area contributed by atoms with Crippen LogP contribution in [0.15, 0.2) is 41.8 Å². The molecule has 0 saturated carbocycles. The minimum Gasteiger partial charge on any atom is -0.338 e. The minimum absolute atomic E-state index is 0.787. The van der Waals surface area contributed by atoms with Crippen LogP contribution >= 0.6 is 22.9 Å². The molecular weight excluding hydrogens is 288 g/mol. The van der Waals surface area contributed by atoms with Crippen molar-refractivity contribution in [3.8, 4) is 22.6 Å². The van der Waals surface area contributed by atoms with Crippen LogP contribution in [0.1, 0.15) is 19.0 Å². The predicted octanol–water partition coefficient (Wildman–Crippen LogP) is 5.41.